The quantitative estimate of drug-likeness (QED) is 0.801. The van der Waals surface area contributed by atoms with Gasteiger partial charge in [-0.15, -0.1) is 0 Å². The number of rotatable bonds is 3. The van der Waals surface area contributed by atoms with Crippen LogP contribution in [-0.4, -0.2) is 48.7 Å². The molecule has 1 saturated carbocycles. The molecule has 1 amide bonds. The van der Waals surface area contributed by atoms with Gasteiger partial charge in [-0.1, -0.05) is 0 Å². The van der Waals surface area contributed by atoms with E-state index in [4.69, 9.17) is 5.11 Å². The number of likely N-dealkylation sites (tertiary alicyclic amines) is 1. The van der Waals surface area contributed by atoms with Crippen LogP contribution in [0, 0.1) is 17.3 Å². The summed E-state index contributed by atoms with van der Waals surface area (Å²) in [6.07, 6.45) is 6.61. The van der Waals surface area contributed by atoms with E-state index in [2.05, 4.69) is 10.2 Å². The molecule has 1 aliphatic carbocycles. The lowest BCUT2D eigenvalue weighted by Gasteiger charge is -2.34. The summed E-state index contributed by atoms with van der Waals surface area (Å²) in [7, 11) is 0. The van der Waals surface area contributed by atoms with Gasteiger partial charge in [-0.2, -0.15) is 0 Å². The van der Waals surface area contributed by atoms with E-state index in [1.54, 1.807) is 0 Å². The molecule has 0 aromatic heterocycles. The number of carbonyl (C=O) groups excluding carboxylic acids is 1. The molecule has 108 valence electrons. The molecule has 2 aliphatic heterocycles. The second-order valence-electron chi connectivity index (χ2n) is 6.67. The summed E-state index contributed by atoms with van der Waals surface area (Å²) in [5.41, 5.74) is 0.353. The number of nitrogens with one attached hydrogen (secondary N) is 1. The van der Waals surface area contributed by atoms with E-state index in [0.29, 0.717) is 23.2 Å². The third-order valence-electron chi connectivity index (χ3n) is 5.46. The zero-order valence-corrected chi connectivity index (χ0v) is 11.7. The minimum Gasteiger partial charge on any atom is -0.396 e. The van der Waals surface area contributed by atoms with E-state index >= 15 is 0 Å². The number of hydrogen-bond acceptors (Lipinski definition) is 3. The zero-order valence-electron chi connectivity index (χ0n) is 11.7. The van der Waals surface area contributed by atoms with Crippen molar-refractivity contribution in [1.82, 2.24) is 10.2 Å². The van der Waals surface area contributed by atoms with Gasteiger partial charge in [0.25, 0.3) is 0 Å². The summed E-state index contributed by atoms with van der Waals surface area (Å²) in [5, 5.41) is 12.4. The largest absolute Gasteiger partial charge is 0.396 e. The van der Waals surface area contributed by atoms with Gasteiger partial charge in [-0.25, -0.2) is 0 Å². The second kappa shape index (κ2) is 5.41. The van der Waals surface area contributed by atoms with Crippen LogP contribution in [-0.2, 0) is 4.79 Å². The lowest BCUT2D eigenvalue weighted by Crippen LogP contribution is -2.42. The summed E-state index contributed by atoms with van der Waals surface area (Å²) in [6.45, 7) is 4.23. The number of nitrogens with zero attached hydrogens (tertiary/aromatic N) is 1. The van der Waals surface area contributed by atoms with E-state index in [1.807, 2.05) is 0 Å². The Kier molecular flexibility index (Phi) is 3.81. The highest BCUT2D eigenvalue weighted by Crippen LogP contribution is 2.59. The highest BCUT2D eigenvalue weighted by molar-refractivity contribution is 5.82. The number of aliphatic hydroxyl groups excluding tert-OH is 1. The van der Waals surface area contributed by atoms with Gasteiger partial charge in [-0.05, 0) is 62.9 Å². The van der Waals surface area contributed by atoms with Gasteiger partial charge >= 0.3 is 0 Å². The SMILES string of the molecule is O=C(C1CC12CCNCC2)N1CCCC(CCO)C1. The smallest absolute Gasteiger partial charge is 0.226 e. The Balaban J connectivity index is 1.56. The number of aliphatic hydroxyl groups is 1. The Morgan fingerprint density at radius 3 is 2.89 bits per heavy atom. The minimum atomic E-state index is 0.256. The van der Waals surface area contributed by atoms with Crippen molar-refractivity contribution in [3.05, 3.63) is 0 Å². The molecule has 3 aliphatic rings. The summed E-state index contributed by atoms with van der Waals surface area (Å²) in [5.74, 6) is 1.23. The molecule has 0 radical (unpaired) electrons. The highest BCUT2D eigenvalue weighted by Gasteiger charge is 2.58. The standard InChI is InChI=1S/C15H26N2O2/c18-9-3-12-2-1-8-17(11-12)14(19)13-10-15(13)4-6-16-7-5-15/h12-13,16,18H,1-11H2. The summed E-state index contributed by atoms with van der Waals surface area (Å²) in [4.78, 5) is 14.7. The molecule has 2 unspecified atom stereocenters. The van der Waals surface area contributed by atoms with Gasteiger partial charge < -0.3 is 15.3 Å². The maximum Gasteiger partial charge on any atom is 0.226 e. The first-order chi connectivity index (χ1) is 9.25. The first-order valence-corrected chi connectivity index (χ1v) is 7.85. The van der Waals surface area contributed by atoms with Crippen molar-refractivity contribution in [2.45, 2.75) is 38.5 Å². The van der Waals surface area contributed by atoms with E-state index in [1.165, 1.54) is 19.3 Å². The molecule has 4 heteroatoms. The van der Waals surface area contributed by atoms with Gasteiger partial charge in [0.15, 0.2) is 0 Å². The van der Waals surface area contributed by atoms with Crippen LogP contribution in [0.25, 0.3) is 0 Å². The van der Waals surface area contributed by atoms with E-state index < -0.39 is 0 Å². The zero-order chi connectivity index (χ0) is 13.3. The molecular weight excluding hydrogens is 240 g/mol. The fourth-order valence-corrected chi connectivity index (χ4v) is 4.08. The molecule has 2 saturated heterocycles. The topological polar surface area (TPSA) is 52.6 Å². The van der Waals surface area contributed by atoms with Crippen LogP contribution in [0.3, 0.4) is 0 Å². The Labute approximate surface area is 115 Å². The maximum absolute atomic E-state index is 12.6. The lowest BCUT2D eigenvalue weighted by atomic mass is 9.90. The molecule has 0 aromatic carbocycles. The Hall–Kier alpha value is -0.610. The van der Waals surface area contributed by atoms with Crippen LogP contribution in [0.1, 0.15) is 38.5 Å². The normalized spacial score (nSPS) is 33.4. The van der Waals surface area contributed by atoms with Crippen LogP contribution in [0.4, 0.5) is 0 Å². The number of carbonyl (C=O) groups is 1. The number of amides is 1. The number of hydrogen-bond donors (Lipinski definition) is 2. The van der Waals surface area contributed by atoms with Gasteiger partial charge in [0.05, 0.1) is 0 Å². The minimum absolute atomic E-state index is 0.256. The predicted molar refractivity (Wildman–Crippen MR) is 73.7 cm³/mol. The van der Waals surface area contributed by atoms with Crippen molar-refractivity contribution in [3.8, 4) is 0 Å². The molecule has 1 spiro atoms. The highest BCUT2D eigenvalue weighted by atomic mass is 16.3. The lowest BCUT2D eigenvalue weighted by molar-refractivity contribution is -0.135. The fourth-order valence-electron chi connectivity index (χ4n) is 4.08. The van der Waals surface area contributed by atoms with Gasteiger partial charge in [-0.3, -0.25) is 4.79 Å². The molecule has 19 heavy (non-hydrogen) atoms. The van der Waals surface area contributed by atoms with Gasteiger partial charge in [0.1, 0.15) is 0 Å². The van der Waals surface area contributed by atoms with Crippen molar-refractivity contribution in [2.24, 2.45) is 17.3 Å². The van der Waals surface area contributed by atoms with E-state index in [9.17, 15) is 4.79 Å². The van der Waals surface area contributed by atoms with Gasteiger partial charge in [0.2, 0.25) is 5.91 Å². The molecular formula is C15H26N2O2. The Morgan fingerprint density at radius 1 is 1.37 bits per heavy atom. The van der Waals surface area contributed by atoms with Crippen molar-refractivity contribution in [3.63, 3.8) is 0 Å². The molecule has 2 atom stereocenters. The molecule has 2 N–H and O–H groups in total. The van der Waals surface area contributed by atoms with E-state index in [0.717, 1.165) is 45.4 Å². The van der Waals surface area contributed by atoms with Crippen molar-refractivity contribution in [1.29, 1.82) is 0 Å². The summed E-state index contributed by atoms with van der Waals surface area (Å²) in [6, 6.07) is 0. The maximum atomic E-state index is 12.6. The molecule has 2 heterocycles. The average molecular weight is 266 g/mol. The molecule has 0 aromatic rings. The first kappa shape index (κ1) is 13.4. The van der Waals surface area contributed by atoms with Crippen LogP contribution in [0.5, 0.6) is 0 Å². The van der Waals surface area contributed by atoms with Crippen molar-refractivity contribution < 1.29 is 9.90 Å². The summed E-state index contributed by atoms with van der Waals surface area (Å²) >= 11 is 0. The fraction of sp³-hybridized carbons (Fsp3) is 0.933. The van der Waals surface area contributed by atoms with Gasteiger partial charge in [0, 0.05) is 25.6 Å². The Morgan fingerprint density at radius 2 is 2.16 bits per heavy atom. The monoisotopic (exact) mass is 266 g/mol. The van der Waals surface area contributed by atoms with Crippen LogP contribution in [0.15, 0.2) is 0 Å². The predicted octanol–water partition coefficient (Wildman–Crippen LogP) is 0.997. The average Bonchev–Trinajstić information content (AvgIpc) is 3.13. The molecule has 3 rings (SSSR count). The molecule has 3 fully saturated rings. The Bertz CT molecular complexity index is 337. The van der Waals surface area contributed by atoms with Crippen LogP contribution >= 0.6 is 0 Å². The van der Waals surface area contributed by atoms with Crippen molar-refractivity contribution >= 4 is 5.91 Å². The second-order valence-corrected chi connectivity index (χ2v) is 6.67. The number of piperidine rings is 2. The van der Waals surface area contributed by atoms with E-state index in [-0.39, 0.29) is 6.61 Å². The van der Waals surface area contributed by atoms with Crippen LogP contribution in [0.2, 0.25) is 0 Å². The molecule has 4 nitrogen and oxygen atoms in total. The summed E-state index contributed by atoms with van der Waals surface area (Å²) < 4.78 is 0. The molecule has 0 bridgehead atoms. The first-order valence-electron chi connectivity index (χ1n) is 7.85. The third-order valence-corrected chi connectivity index (χ3v) is 5.46. The van der Waals surface area contributed by atoms with Crippen molar-refractivity contribution in [2.75, 3.05) is 32.8 Å². The van der Waals surface area contributed by atoms with Crippen LogP contribution < -0.4 is 5.32 Å². The third kappa shape index (κ3) is 2.65.